The molecule has 0 heterocycles. The third kappa shape index (κ3) is 3.42. The molecule has 0 radical (unpaired) electrons. The molecule has 0 aliphatic rings. The Morgan fingerprint density at radius 1 is 1.38 bits per heavy atom. The number of carbonyl (C=O) groups excluding carboxylic acids is 1. The first kappa shape index (κ1) is 12.3. The SMILES string of the molecule is C=CCC(=O)c1ccccc1OC(F)(F)F. The van der Waals surface area contributed by atoms with Gasteiger partial charge < -0.3 is 4.74 Å². The van der Waals surface area contributed by atoms with Gasteiger partial charge in [-0.1, -0.05) is 18.2 Å². The topological polar surface area (TPSA) is 26.3 Å². The molecular formula is C11H9F3O2. The molecule has 1 aromatic carbocycles. The molecular weight excluding hydrogens is 221 g/mol. The molecule has 86 valence electrons. The lowest BCUT2D eigenvalue weighted by Gasteiger charge is -2.11. The van der Waals surface area contributed by atoms with Crippen molar-refractivity contribution in [3.05, 3.63) is 42.5 Å². The minimum Gasteiger partial charge on any atom is -0.405 e. The highest BCUT2D eigenvalue weighted by Gasteiger charge is 2.32. The largest absolute Gasteiger partial charge is 0.573 e. The molecule has 0 unspecified atom stereocenters. The summed E-state index contributed by atoms with van der Waals surface area (Å²) in [5.41, 5.74) is -0.0975. The lowest BCUT2D eigenvalue weighted by molar-refractivity contribution is -0.274. The van der Waals surface area contributed by atoms with E-state index >= 15 is 0 Å². The summed E-state index contributed by atoms with van der Waals surface area (Å²) in [7, 11) is 0. The van der Waals surface area contributed by atoms with Crippen molar-refractivity contribution in [3.8, 4) is 5.75 Å². The van der Waals surface area contributed by atoms with Gasteiger partial charge in [-0.25, -0.2) is 0 Å². The molecule has 0 aliphatic carbocycles. The number of ketones is 1. The van der Waals surface area contributed by atoms with Gasteiger partial charge in [0.25, 0.3) is 0 Å². The van der Waals surface area contributed by atoms with Crippen molar-refractivity contribution in [2.24, 2.45) is 0 Å². The second-order valence-corrected chi connectivity index (χ2v) is 2.96. The highest BCUT2D eigenvalue weighted by atomic mass is 19.4. The van der Waals surface area contributed by atoms with Gasteiger partial charge in [0, 0.05) is 6.42 Å². The van der Waals surface area contributed by atoms with Gasteiger partial charge in [0.1, 0.15) is 5.75 Å². The molecule has 0 saturated carbocycles. The van der Waals surface area contributed by atoms with Crippen molar-refractivity contribution < 1.29 is 22.7 Å². The Balaban J connectivity index is 3.00. The van der Waals surface area contributed by atoms with Gasteiger partial charge >= 0.3 is 6.36 Å². The first-order valence-corrected chi connectivity index (χ1v) is 4.43. The quantitative estimate of drug-likeness (QED) is 0.585. The molecule has 0 atom stereocenters. The van der Waals surface area contributed by atoms with E-state index in [0.717, 1.165) is 6.07 Å². The van der Waals surface area contributed by atoms with Gasteiger partial charge in [-0.15, -0.1) is 19.8 Å². The van der Waals surface area contributed by atoms with Crippen LogP contribution in [0.2, 0.25) is 0 Å². The number of ether oxygens (including phenoxy) is 1. The zero-order chi connectivity index (χ0) is 12.2. The molecule has 0 bridgehead atoms. The van der Waals surface area contributed by atoms with Crippen LogP contribution < -0.4 is 4.74 Å². The molecule has 5 heteroatoms. The zero-order valence-corrected chi connectivity index (χ0v) is 8.25. The van der Waals surface area contributed by atoms with Crippen molar-refractivity contribution in [3.63, 3.8) is 0 Å². The minimum absolute atomic E-state index is 0.0295. The Kier molecular flexibility index (Phi) is 3.71. The van der Waals surface area contributed by atoms with Crippen LogP contribution in [0.15, 0.2) is 36.9 Å². The second-order valence-electron chi connectivity index (χ2n) is 2.96. The number of alkyl halides is 3. The molecule has 0 saturated heterocycles. The third-order valence-corrected chi connectivity index (χ3v) is 1.74. The van der Waals surface area contributed by atoms with E-state index < -0.39 is 17.9 Å². The molecule has 0 fully saturated rings. The number of para-hydroxylation sites is 1. The smallest absolute Gasteiger partial charge is 0.405 e. The van der Waals surface area contributed by atoms with Crippen LogP contribution in [0.25, 0.3) is 0 Å². The van der Waals surface area contributed by atoms with Crippen molar-refractivity contribution in [1.29, 1.82) is 0 Å². The van der Waals surface area contributed by atoms with Crippen molar-refractivity contribution >= 4 is 5.78 Å². The Morgan fingerprint density at radius 3 is 2.56 bits per heavy atom. The lowest BCUT2D eigenvalue weighted by Crippen LogP contribution is -2.18. The highest BCUT2D eigenvalue weighted by molar-refractivity contribution is 5.99. The van der Waals surface area contributed by atoms with E-state index in [1.807, 2.05) is 0 Å². The monoisotopic (exact) mass is 230 g/mol. The fraction of sp³-hybridized carbons (Fsp3) is 0.182. The maximum Gasteiger partial charge on any atom is 0.573 e. The number of allylic oxidation sites excluding steroid dienone is 1. The van der Waals surface area contributed by atoms with Crippen molar-refractivity contribution in [2.45, 2.75) is 12.8 Å². The zero-order valence-electron chi connectivity index (χ0n) is 8.25. The molecule has 2 nitrogen and oxygen atoms in total. The van der Waals surface area contributed by atoms with Crippen molar-refractivity contribution in [2.75, 3.05) is 0 Å². The predicted octanol–water partition coefficient (Wildman–Crippen LogP) is 3.34. The number of rotatable bonds is 4. The third-order valence-electron chi connectivity index (χ3n) is 1.74. The fourth-order valence-electron chi connectivity index (χ4n) is 1.15. The normalized spacial score (nSPS) is 10.9. The van der Waals surface area contributed by atoms with Gasteiger partial charge in [-0.3, -0.25) is 4.79 Å². The summed E-state index contributed by atoms with van der Waals surface area (Å²) in [4.78, 5) is 11.4. The van der Waals surface area contributed by atoms with Crippen LogP contribution in [0.3, 0.4) is 0 Å². The molecule has 0 amide bonds. The average Bonchev–Trinajstić information content (AvgIpc) is 2.16. The Hall–Kier alpha value is -1.78. The summed E-state index contributed by atoms with van der Waals surface area (Å²) >= 11 is 0. The average molecular weight is 230 g/mol. The molecule has 1 aromatic rings. The number of halogens is 3. The van der Waals surface area contributed by atoms with E-state index in [2.05, 4.69) is 11.3 Å². The summed E-state index contributed by atoms with van der Waals surface area (Å²) in [6.07, 6.45) is -3.50. The van der Waals surface area contributed by atoms with Crippen molar-refractivity contribution in [1.82, 2.24) is 0 Å². The van der Waals surface area contributed by atoms with Gasteiger partial charge in [0.05, 0.1) is 5.56 Å². The highest BCUT2D eigenvalue weighted by Crippen LogP contribution is 2.26. The predicted molar refractivity (Wildman–Crippen MR) is 52.3 cm³/mol. The van der Waals surface area contributed by atoms with Crippen LogP contribution in [0.5, 0.6) is 5.75 Å². The molecule has 0 aliphatic heterocycles. The maximum absolute atomic E-state index is 12.0. The summed E-state index contributed by atoms with van der Waals surface area (Å²) < 4.78 is 39.8. The lowest BCUT2D eigenvalue weighted by atomic mass is 10.1. The first-order valence-electron chi connectivity index (χ1n) is 4.43. The first-order chi connectivity index (χ1) is 7.44. The van der Waals surface area contributed by atoms with E-state index in [1.165, 1.54) is 24.3 Å². The van der Waals surface area contributed by atoms with Gasteiger partial charge in [0.15, 0.2) is 5.78 Å². The van der Waals surface area contributed by atoms with E-state index in [1.54, 1.807) is 0 Å². The van der Waals surface area contributed by atoms with Crippen LogP contribution in [-0.4, -0.2) is 12.1 Å². The van der Waals surface area contributed by atoms with Gasteiger partial charge in [-0.05, 0) is 12.1 Å². The van der Waals surface area contributed by atoms with Gasteiger partial charge in [0.2, 0.25) is 0 Å². The summed E-state index contributed by atoms with van der Waals surface area (Å²) in [6, 6.07) is 5.22. The Bertz CT molecular complexity index is 396. The Labute approximate surface area is 90.3 Å². The summed E-state index contributed by atoms with van der Waals surface area (Å²) in [5, 5.41) is 0. The van der Waals surface area contributed by atoms with Gasteiger partial charge in [-0.2, -0.15) is 0 Å². The molecule has 0 aromatic heterocycles. The summed E-state index contributed by atoms with van der Waals surface area (Å²) in [5.74, 6) is -0.947. The van der Waals surface area contributed by atoms with E-state index in [0.29, 0.717) is 0 Å². The van der Waals surface area contributed by atoms with E-state index in [4.69, 9.17) is 0 Å². The second kappa shape index (κ2) is 4.83. The molecule has 0 spiro atoms. The standard InChI is InChI=1S/C11H9F3O2/c1-2-5-9(15)8-6-3-4-7-10(8)16-11(12,13)14/h2-4,6-7H,1,5H2. The van der Waals surface area contributed by atoms with Crippen LogP contribution in [0.1, 0.15) is 16.8 Å². The fourth-order valence-corrected chi connectivity index (χ4v) is 1.15. The number of Topliss-reactive ketones (excluding diaryl/α,β-unsaturated/α-hetero) is 1. The number of benzene rings is 1. The van der Waals surface area contributed by atoms with Crippen LogP contribution in [0.4, 0.5) is 13.2 Å². The van der Waals surface area contributed by atoms with E-state index in [9.17, 15) is 18.0 Å². The summed E-state index contributed by atoms with van der Waals surface area (Å²) in [6.45, 7) is 3.35. The number of hydrogen-bond acceptors (Lipinski definition) is 2. The molecule has 16 heavy (non-hydrogen) atoms. The number of hydrogen-bond donors (Lipinski definition) is 0. The molecule has 1 rings (SSSR count). The minimum atomic E-state index is -4.80. The Morgan fingerprint density at radius 2 is 2.00 bits per heavy atom. The molecule has 0 N–H and O–H groups in total. The van der Waals surface area contributed by atoms with Crippen LogP contribution in [-0.2, 0) is 0 Å². The number of carbonyl (C=O) groups is 1. The van der Waals surface area contributed by atoms with Crippen LogP contribution >= 0.6 is 0 Å². The van der Waals surface area contributed by atoms with Crippen LogP contribution in [0, 0.1) is 0 Å². The van der Waals surface area contributed by atoms with E-state index in [-0.39, 0.29) is 12.0 Å². The maximum atomic E-state index is 12.0.